The van der Waals surface area contributed by atoms with Gasteiger partial charge in [-0.1, -0.05) is 82.7 Å². The van der Waals surface area contributed by atoms with Crippen molar-refractivity contribution in [1.29, 1.82) is 0 Å². The summed E-state index contributed by atoms with van der Waals surface area (Å²) in [5.41, 5.74) is 2.05. The summed E-state index contributed by atoms with van der Waals surface area (Å²) in [6.45, 7) is 0. The molecule has 0 heterocycles. The second-order valence-corrected chi connectivity index (χ2v) is 7.01. The van der Waals surface area contributed by atoms with Crippen LogP contribution >= 0.6 is 15.9 Å². The molecule has 5 heteroatoms. The number of carbonyl (C=O) groups is 2. The average Bonchev–Trinajstić information content (AvgIpc) is 2.69. The van der Waals surface area contributed by atoms with Gasteiger partial charge in [-0.15, -0.1) is 0 Å². The zero-order valence-corrected chi connectivity index (χ0v) is 16.0. The third-order valence-electron chi connectivity index (χ3n) is 4.29. The Balaban J connectivity index is 1.99. The van der Waals surface area contributed by atoms with Crippen LogP contribution in [0.2, 0.25) is 0 Å². The van der Waals surface area contributed by atoms with Gasteiger partial charge in [0.05, 0.1) is 0 Å². The zero-order valence-electron chi connectivity index (χ0n) is 14.4. The molecule has 0 bridgehead atoms. The Kier molecular flexibility index (Phi) is 6.04. The number of hydrogen-bond donors (Lipinski definition) is 2. The highest BCUT2D eigenvalue weighted by Gasteiger charge is 2.32. The predicted molar refractivity (Wildman–Crippen MR) is 108 cm³/mol. The Morgan fingerprint density at radius 2 is 1.37 bits per heavy atom. The topological polar surface area (TPSA) is 66.4 Å². The molecule has 3 rings (SSSR count). The molecule has 1 atom stereocenters. The lowest BCUT2D eigenvalue weighted by Gasteiger charge is -2.26. The molecule has 0 saturated heterocycles. The average molecular weight is 424 g/mol. The van der Waals surface area contributed by atoms with Crippen molar-refractivity contribution in [3.05, 3.63) is 106 Å². The second kappa shape index (κ2) is 8.64. The standard InChI is InChI=1S/C22H18BrNO3/c23-18-13-7-12-17(14-18)21(25)24-20(22(26)27)19(15-8-3-1-4-9-15)16-10-5-2-6-11-16/h1-14,19-20H,(H,24,25)(H,26,27)/t20-/m0/s1. The van der Waals surface area contributed by atoms with Crippen LogP contribution < -0.4 is 5.32 Å². The molecule has 0 spiro atoms. The Morgan fingerprint density at radius 3 is 1.85 bits per heavy atom. The van der Waals surface area contributed by atoms with Crippen LogP contribution in [0.3, 0.4) is 0 Å². The van der Waals surface area contributed by atoms with Crippen molar-refractivity contribution in [3.63, 3.8) is 0 Å². The summed E-state index contributed by atoms with van der Waals surface area (Å²) >= 11 is 3.33. The summed E-state index contributed by atoms with van der Waals surface area (Å²) in [7, 11) is 0. The lowest BCUT2D eigenvalue weighted by molar-refractivity contribution is -0.139. The monoisotopic (exact) mass is 423 g/mol. The van der Waals surface area contributed by atoms with E-state index < -0.39 is 23.8 Å². The molecule has 0 radical (unpaired) electrons. The second-order valence-electron chi connectivity index (χ2n) is 6.10. The molecule has 0 aliphatic heterocycles. The van der Waals surface area contributed by atoms with Crippen LogP contribution in [0.25, 0.3) is 0 Å². The number of nitrogens with one attached hydrogen (secondary N) is 1. The summed E-state index contributed by atoms with van der Waals surface area (Å²) in [6, 6.07) is 24.4. The smallest absolute Gasteiger partial charge is 0.327 e. The highest BCUT2D eigenvalue weighted by atomic mass is 79.9. The first-order chi connectivity index (χ1) is 13.1. The maximum absolute atomic E-state index is 12.7. The van der Waals surface area contributed by atoms with E-state index in [0.29, 0.717) is 5.56 Å². The summed E-state index contributed by atoms with van der Waals surface area (Å²) in [4.78, 5) is 24.8. The van der Waals surface area contributed by atoms with Crippen molar-refractivity contribution in [2.45, 2.75) is 12.0 Å². The van der Waals surface area contributed by atoms with Crippen LogP contribution in [0.15, 0.2) is 89.4 Å². The van der Waals surface area contributed by atoms with Gasteiger partial charge in [0.1, 0.15) is 6.04 Å². The Labute approximate surface area is 166 Å². The molecule has 0 aliphatic rings. The van der Waals surface area contributed by atoms with E-state index in [4.69, 9.17) is 0 Å². The number of aliphatic carboxylic acids is 1. The van der Waals surface area contributed by atoms with Gasteiger partial charge in [0.25, 0.3) is 5.91 Å². The van der Waals surface area contributed by atoms with Crippen molar-refractivity contribution in [3.8, 4) is 0 Å². The van der Waals surface area contributed by atoms with E-state index in [0.717, 1.165) is 15.6 Å². The molecule has 3 aromatic rings. The third kappa shape index (κ3) is 4.63. The highest BCUT2D eigenvalue weighted by Crippen LogP contribution is 2.28. The van der Waals surface area contributed by atoms with Gasteiger partial charge < -0.3 is 10.4 Å². The van der Waals surface area contributed by atoms with Crippen molar-refractivity contribution < 1.29 is 14.7 Å². The van der Waals surface area contributed by atoms with Crippen molar-refractivity contribution >= 4 is 27.8 Å². The van der Waals surface area contributed by atoms with E-state index in [-0.39, 0.29) is 0 Å². The summed E-state index contributed by atoms with van der Waals surface area (Å²) < 4.78 is 0.754. The van der Waals surface area contributed by atoms with E-state index in [9.17, 15) is 14.7 Å². The van der Waals surface area contributed by atoms with E-state index in [2.05, 4.69) is 21.2 Å². The minimum atomic E-state index is -1.11. The van der Waals surface area contributed by atoms with Crippen LogP contribution in [0, 0.1) is 0 Å². The van der Waals surface area contributed by atoms with Crippen molar-refractivity contribution in [1.82, 2.24) is 5.32 Å². The Morgan fingerprint density at radius 1 is 0.815 bits per heavy atom. The maximum Gasteiger partial charge on any atom is 0.327 e. The van der Waals surface area contributed by atoms with Crippen LogP contribution in [0.4, 0.5) is 0 Å². The van der Waals surface area contributed by atoms with Gasteiger partial charge in [-0.3, -0.25) is 4.79 Å². The molecule has 0 saturated carbocycles. The van der Waals surface area contributed by atoms with Crippen LogP contribution in [-0.4, -0.2) is 23.0 Å². The minimum Gasteiger partial charge on any atom is -0.480 e. The molecule has 3 aromatic carbocycles. The number of carbonyl (C=O) groups excluding carboxylic acids is 1. The zero-order chi connectivity index (χ0) is 19.2. The van der Waals surface area contributed by atoms with Gasteiger partial charge in [-0.05, 0) is 29.3 Å². The van der Waals surface area contributed by atoms with Gasteiger partial charge in [-0.25, -0.2) is 4.79 Å². The van der Waals surface area contributed by atoms with Crippen LogP contribution in [-0.2, 0) is 4.79 Å². The van der Waals surface area contributed by atoms with E-state index in [1.807, 2.05) is 66.7 Å². The lowest BCUT2D eigenvalue weighted by Crippen LogP contribution is -2.45. The van der Waals surface area contributed by atoms with Crippen molar-refractivity contribution in [2.24, 2.45) is 0 Å². The molecule has 2 N–H and O–H groups in total. The first-order valence-electron chi connectivity index (χ1n) is 8.45. The van der Waals surface area contributed by atoms with Gasteiger partial charge in [0.15, 0.2) is 0 Å². The fraction of sp³-hybridized carbons (Fsp3) is 0.0909. The summed E-state index contributed by atoms with van der Waals surface area (Å²) in [5, 5.41) is 12.6. The SMILES string of the molecule is O=C(N[C@H](C(=O)O)C(c1ccccc1)c1ccccc1)c1cccc(Br)c1. The molecule has 0 unspecified atom stereocenters. The minimum absolute atomic E-state index is 0.399. The number of carboxylic acid groups (broad SMARTS) is 1. The fourth-order valence-electron chi connectivity index (χ4n) is 3.04. The fourth-order valence-corrected chi connectivity index (χ4v) is 3.44. The molecule has 0 aliphatic carbocycles. The number of hydrogen-bond acceptors (Lipinski definition) is 2. The quantitative estimate of drug-likeness (QED) is 0.614. The van der Waals surface area contributed by atoms with E-state index in [1.165, 1.54) is 0 Å². The Bertz CT molecular complexity index is 889. The summed E-state index contributed by atoms with van der Waals surface area (Å²) in [5.74, 6) is -2.03. The molecule has 1 amide bonds. The van der Waals surface area contributed by atoms with Crippen LogP contribution in [0.5, 0.6) is 0 Å². The van der Waals surface area contributed by atoms with Crippen molar-refractivity contribution in [2.75, 3.05) is 0 Å². The molecule has 0 aromatic heterocycles. The highest BCUT2D eigenvalue weighted by molar-refractivity contribution is 9.10. The molecular weight excluding hydrogens is 406 g/mol. The van der Waals surface area contributed by atoms with Crippen LogP contribution in [0.1, 0.15) is 27.4 Å². The summed E-state index contributed by atoms with van der Waals surface area (Å²) in [6.07, 6.45) is 0. The molecule has 136 valence electrons. The first kappa shape index (κ1) is 18.9. The lowest BCUT2D eigenvalue weighted by atomic mass is 9.85. The maximum atomic E-state index is 12.7. The molecule has 27 heavy (non-hydrogen) atoms. The Hall–Kier alpha value is -2.92. The number of amides is 1. The van der Waals surface area contributed by atoms with E-state index in [1.54, 1.807) is 18.2 Å². The number of rotatable bonds is 6. The third-order valence-corrected chi connectivity index (χ3v) is 4.78. The number of carboxylic acids is 1. The van der Waals surface area contributed by atoms with E-state index >= 15 is 0 Å². The normalized spacial score (nSPS) is 11.8. The van der Waals surface area contributed by atoms with Gasteiger partial charge in [0.2, 0.25) is 0 Å². The largest absolute Gasteiger partial charge is 0.480 e. The number of halogens is 1. The van der Waals surface area contributed by atoms with Gasteiger partial charge in [-0.2, -0.15) is 0 Å². The number of benzene rings is 3. The van der Waals surface area contributed by atoms with Gasteiger partial charge in [0, 0.05) is 16.0 Å². The molecule has 0 fully saturated rings. The molecular formula is C22H18BrNO3. The molecule has 4 nitrogen and oxygen atoms in total. The van der Waals surface area contributed by atoms with Gasteiger partial charge >= 0.3 is 5.97 Å². The first-order valence-corrected chi connectivity index (χ1v) is 9.24. The predicted octanol–water partition coefficient (Wildman–Crippen LogP) is 4.46.